The largest absolute Gasteiger partial charge is 0.381 e. The first kappa shape index (κ1) is 9.96. The lowest BCUT2D eigenvalue weighted by molar-refractivity contribution is -0.238. The molecule has 0 saturated carbocycles. The third-order valence-corrected chi connectivity index (χ3v) is 2.94. The van der Waals surface area contributed by atoms with Crippen molar-refractivity contribution in [2.24, 2.45) is 5.41 Å². The Morgan fingerprint density at radius 1 is 1.50 bits per heavy atom. The van der Waals surface area contributed by atoms with Crippen molar-refractivity contribution in [3.63, 3.8) is 0 Å². The van der Waals surface area contributed by atoms with Gasteiger partial charge >= 0.3 is 0 Å². The topological polar surface area (TPSA) is 38.7 Å². The lowest BCUT2D eigenvalue weighted by Crippen LogP contribution is -2.49. The van der Waals surface area contributed by atoms with Crippen LogP contribution < -0.4 is 0 Å². The summed E-state index contributed by atoms with van der Waals surface area (Å²) >= 11 is 0. The van der Waals surface area contributed by atoms with E-state index in [1.165, 1.54) is 0 Å². The summed E-state index contributed by atoms with van der Waals surface area (Å²) in [4.78, 5) is 0. The quantitative estimate of drug-likeness (QED) is 0.648. The molecule has 0 radical (unpaired) electrons. The maximum Gasteiger partial charge on any atom is 0.157 e. The maximum absolute atomic E-state index is 9.31. The van der Waals surface area contributed by atoms with Crippen molar-refractivity contribution in [2.45, 2.75) is 45.7 Å². The van der Waals surface area contributed by atoms with E-state index < -0.39 is 6.29 Å². The molecular formula is C9H18O3. The predicted molar refractivity (Wildman–Crippen MR) is 45.7 cm³/mol. The fourth-order valence-corrected chi connectivity index (χ4v) is 1.62. The van der Waals surface area contributed by atoms with Crippen molar-refractivity contribution in [3.8, 4) is 0 Å². The Bertz CT molecular complexity index is 156. The van der Waals surface area contributed by atoms with E-state index in [0.29, 0.717) is 6.42 Å². The molecule has 3 nitrogen and oxygen atoms in total. The normalized spacial score (nSPS) is 41.2. The molecule has 0 spiro atoms. The Balaban J connectivity index is 2.71. The number of aliphatic hydroxyl groups is 1. The fourth-order valence-electron chi connectivity index (χ4n) is 1.62. The highest BCUT2D eigenvalue weighted by atomic mass is 16.6. The standard InChI is InChI=1S/C9H18O3/c1-6-9(2,3)7(11-4)5-8(10)12-6/h6-8,10H,5H2,1-4H3. The fraction of sp³-hybridized carbons (Fsp3) is 1.00. The molecule has 1 fully saturated rings. The van der Waals surface area contributed by atoms with Crippen molar-refractivity contribution >= 4 is 0 Å². The van der Waals surface area contributed by atoms with Gasteiger partial charge in [0.15, 0.2) is 6.29 Å². The molecule has 3 heteroatoms. The molecule has 0 aromatic carbocycles. The summed E-state index contributed by atoms with van der Waals surface area (Å²) in [5, 5.41) is 9.31. The second-order valence-electron chi connectivity index (χ2n) is 4.01. The van der Waals surface area contributed by atoms with E-state index in [1.54, 1.807) is 7.11 Å². The maximum atomic E-state index is 9.31. The molecule has 0 amide bonds. The van der Waals surface area contributed by atoms with Gasteiger partial charge in [0.05, 0.1) is 12.2 Å². The molecule has 1 aliphatic rings. The molecule has 0 aliphatic carbocycles. The van der Waals surface area contributed by atoms with Crippen LogP contribution in [0.25, 0.3) is 0 Å². The van der Waals surface area contributed by atoms with Gasteiger partial charge in [-0.1, -0.05) is 13.8 Å². The highest BCUT2D eigenvalue weighted by Gasteiger charge is 2.42. The number of methoxy groups -OCH3 is 1. The van der Waals surface area contributed by atoms with E-state index in [0.717, 1.165) is 0 Å². The highest BCUT2D eigenvalue weighted by Crippen LogP contribution is 2.36. The van der Waals surface area contributed by atoms with Crippen LogP contribution in [0.15, 0.2) is 0 Å². The van der Waals surface area contributed by atoms with E-state index in [9.17, 15) is 5.11 Å². The smallest absolute Gasteiger partial charge is 0.157 e. The first-order chi connectivity index (χ1) is 5.48. The highest BCUT2D eigenvalue weighted by molar-refractivity contribution is 4.88. The van der Waals surface area contributed by atoms with Crippen LogP contribution in [-0.2, 0) is 9.47 Å². The van der Waals surface area contributed by atoms with Crippen LogP contribution in [0.1, 0.15) is 27.2 Å². The first-order valence-corrected chi connectivity index (χ1v) is 4.34. The van der Waals surface area contributed by atoms with Crippen molar-refractivity contribution in [3.05, 3.63) is 0 Å². The van der Waals surface area contributed by atoms with Gasteiger partial charge in [-0.25, -0.2) is 0 Å². The average Bonchev–Trinajstić information content (AvgIpc) is 1.97. The van der Waals surface area contributed by atoms with E-state index in [4.69, 9.17) is 9.47 Å². The molecule has 3 unspecified atom stereocenters. The van der Waals surface area contributed by atoms with Gasteiger partial charge in [0, 0.05) is 18.9 Å². The van der Waals surface area contributed by atoms with Crippen LogP contribution in [0.4, 0.5) is 0 Å². The van der Waals surface area contributed by atoms with E-state index in [2.05, 4.69) is 13.8 Å². The minimum Gasteiger partial charge on any atom is -0.381 e. The van der Waals surface area contributed by atoms with Gasteiger partial charge in [-0.3, -0.25) is 0 Å². The summed E-state index contributed by atoms with van der Waals surface area (Å²) in [7, 11) is 1.68. The molecular weight excluding hydrogens is 156 g/mol. The van der Waals surface area contributed by atoms with E-state index in [-0.39, 0.29) is 17.6 Å². The predicted octanol–water partition coefficient (Wildman–Crippen LogP) is 1.15. The molecule has 1 N–H and O–H groups in total. The molecule has 1 aliphatic heterocycles. The van der Waals surface area contributed by atoms with Gasteiger partial charge in [-0.15, -0.1) is 0 Å². The summed E-state index contributed by atoms with van der Waals surface area (Å²) < 4.78 is 10.6. The van der Waals surface area contributed by atoms with Gasteiger partial charge in [0.25, 0.3) is 0 Å². The van der Waals surface area contributed by atoms with Crippen LogP contribution in [0.2, 0.25) is 0 Å². The molecule has 3 atom stereocenters. The molecule has 0 aromatic heterocycles. The van der Waals surface area contributed by atoms with Gasteiger partial charge in [0.2, 0.25) is 0 Å². The summed E-state index contributed by atoms with van der Waals surface area (Å²) in [6.45, 7) is 6.16. The molecule has 12 heavy (non-hydrogen) atoms. The van der Waals surface area contributed by atoms with Crippen molar-refractivity contribution in [1.29, 1.82) is 0 Å². The summed E-state index contributed by atoms with van der Waals surface area (Å²) in [6, 6.07) is 0. The van der Waals surface area contributed by atoms with Gasteiger partial charge in [0.1, 0.15) is 0 Å². The summed E-state index contributed by atoms with van der Waals surface area (Å²) in [5.41, 5.74) is -0.0199. The third kappa shape index (κ3) is 1.63. The molecule has 72 valence electrons. The number of rotatable bonds is 1. The second kappa shape index (κ2) is 3.32. The lowest BCUT2D eigenvalue weighted by atomic mass is 9.78. The minimum atomic E-state index is -0.669. The van der Waals surface area contributed by atoms with Gasteiger partial charge < -0.3 is 14.6 Å². The number of aliphatic hydroxyl groups excluding tert-OH is 1. The van der Waals surface area contributed by atoms with Crippen LogP contribution in [0, 0.1) is 5.41 Å². The summed E-state index contributed by atoms with van der Waals surface area (Å²) in [6.07, 6.45) is 0.00817. The van der Waals surface area contributed by atoms with Crippen molar-refractivity contribution in [1.82, 2.24) is 0 Å². The molecule has 1 heterocycles. The molecule has 1 saturated heterocycles. The van der Waals surface area contributed by atoms with Crippen LogP contribution >= 0.6 is 0 Å². The molecule has 0 bridgehead atoms. The van der Waals surface area contributed by atoms with Crippen LogP contribution in [-0.4, -0.2) is 30.7 Å². The average molecular weight is 174 g/mol. The number of ether oxygens (including phenoxy) is 2. The Labute approximate surface area is 73.7 Å². The SMILES string of the molecule is COC1CC(O)OC(C)C1(C)C. The number of hydrogen-bond donors (Lipinski definition) is 1. The van der Waals surface area contributed by atoms with Crippen molar-refractivity contribution < 1.29 is 14.6 Å². The Hall–Kier alpha value is -0.120. The zero-order chi connectivity index (χ0) is 9.35. The summed E-state index contributed by atoms with van der Waals surface area (Å²) in [5.74, 6) is 0. The Morgan fingerprint density at radius 3 is 2.58 bits per heavy atom. The first-order valence-electron chi connectivity index (χ1n) is 4.34. The monoisotopic (exact) mass is 174 g/mol. The number of hydrogen-bond acceptors (Lipinski definition) is 3. The lowest BCUT2D eigenvalue weighted by Gasteiger charge is -2.44. The third-order valence-electron chi connectivity index (χ3n) is 2.94. The Kier molecular flexibility index (Phi) is 2.76. The van der Waals surface area contributed by atoms with Gasteiger partial charge in [-0.2, -0.15) is 0 Å². The zero-order valence-electron chi connectivity index (χ0n) is 8.20. The van der Waals surface area contributed by atoms with Crippen LogP contribution in [0.3, 0.4) is 0 Å². The minimum absolute atomic E-state index is 0.0199. The molecule has 0 aromatic rings. The Morgan fingerprint density at radius 2 is 2.08 bits per heavy atom. The second-order valence-corrected chi connectivity index (χ2v) is 4.01. The molecule has 1 rings (SSSR count). The van der Waals surface area contributed by atoms with E-state index in [1.807, 2.05) is 6.92 Å². The van der Waals surface area contributed by atoms with Gasteiger partial charge in [-0.05, 0) is 6.92 Å². The van der Waals surface area contributed by atoms with E-state index >= 15 is 0 Å². The van der Waals surface area contributed by atoms with Crippen molar-refractivity contribution in [2.75, 3.05) is 7.11 Å². The zero-order valence-corrected chi connectivity index (χ0v) is 8.20. The van der Waals surface area contributed by atoms with Crippen LogP contribution in [0.5, 0.6) is 0 Å².